The SMILES string of the molecule is CCC(C)C(C)NS(=O)(=O)c1cc(Br)cnc1NN. The molecule has 8 heteroatoms. The van der Waals surface area contributed by atoms with Crippen molar-refractivity contribution < 1.29 is 8.42 Å². The van der Waals surface area contributed by atoms with E-state index in [2.05, 4.69) is 31.1 Å². The number of nitrogens with one attached hydrogen (secondary N) is 2. The Morgan fingerprint density at radius 1 is 1.47 bits per heavy atom. The molecule has 1 rings (SSSR count). The lowest BCUT2D eigenvalue weighted by Crippen LogP contribution is -2.37. The molecule has 2 unspecified atom stereocenters. The van der Waals surface area contributed by atoms with Gasteiger partial charge in [-0.3, -0.25) is 0 Å². The molecule has 0 aliphatic rings. The standard InChI is InChI=1S/C11H19BrN4O2S/c1-4-7(2)8(3)16-19(17,18)10-5-9(12)6-14-11(10)15-13/h5-8,16H,4,13H2,1-3H3,(H,14,15). The van der Waals surface area contributed by atoms with Gasteiger partial charge in [-0.2, -0.15) is 0 Å². The number of hydrogen-bond acceptors (Lipinski definition) is 5. The van der Waals surface area contributed by atoms with Crippen LogP contribution in [0.1, 0.15) is 27.2 Å². The molecule has 0 saturated carbocycles. The van der Waals surface area contributed by atoms with E-state index in [1.807, 2.05) is 20.8 Å². The van der Waals surface area contributed by atoms with Crippen LogP contribution in [-0.4, -0.2) is 19.4 Å². The number of aromatic nitrogens is 1. The summed E-state index contributed by atoms with van der Waals surface area (Å²) < 4.78 is 27.9. The Morgan fingerprint density at radius 2 is 2.11 bits per heavy atom. The highest BCUT2D eigenvalue weighted by molar-refractivity contribution is 9.10. The molecule has 6 nitrogen and oxygen atoms in total. The summed E-state index contributed by atoms with van der Waals surface area (Å²) in [6, 6.07) is 1.30. The summed E-state index contributed by atoms with van der Waals surface area (Å²) in [6.45, 7) is 5.85. The molecule has 0 bridgehead atoms. The molecule has 0 spiro atoms. The average molecular weight is 351 g/mol. The van der Waals surface area contributed by atoms with Crippen molar-refractivity contribution in [1.29, 1.82) is 0 Å². The fourth-order valence-corrected chi connectivity index (χ4v) is 3.49. The smallest absolute Gasteiger partial charge is 0.244 e. The largest absolute Gasteiger partial charge is 0.307 e. The van der Waals surface area contributed by atoms with E-state index in [9.17, 15) is 8.42 Å². The maximum atomic E-state index is 12.3. The van der Waals surface area contributed by atoms with Crippen molar-refractivity contribution in [3.8, 4) is 0 Å². The fourth-order valence-electron chi connectivity index (χ4n) is 1.51. The number of rotatable bonds is 6. The third-order valence-electron chi connectivity index (χ3n) is 3.08. The fraction of sp³-hybridized carbons (Fsp3) is 0.545. The average Bonchev–Trinajstić information content (AvgIpc) is 2.37. The second-order valence-corrected chi connectivity index (χ2v) is 7.04. The number of anilines is 1. The first-order valence-corrected chi connectivity index (χ1v) is 8.24. The summed E-state index contributed by atoms with van der Waals surface area (Å²) in [6.07, 6.45) is 2.37. The number of nitrogen functional groups attached to an aromatic ring is 1. The number of nitrogens with zero attached hydrogens (tertiary/aromatic N) is 1. The van der Waals surface area contributed by atoms with E-state index in [-0.39, 0.29) is 22.7 Å². The molecule has 0 aromatic carbocycles. The first kappa shape index (κ1) is 16.4. The van der Waals surface area contributed by atoms with E-state index in [0.29, 0.717) is 4.47 Å². The molecule has 0 fully saturated rings. The zero-order chi connectivity index (χ0) is 14.6. The molecule has 1 heterocycles. The van der Waals surface area contributed by atoms with Gasteiger partial charge >= 0.3 is 0 Å². The molecule has 2 atom stereocenters. The summed E-state index contributed by atoms with van der Waals surface area (Å²) in [5, 5.41) is 0. The second-order valence-electron chi connectivity index (χ2n) is 4.44. The van der Waals surface area contributed by atoms with Crippen LogP contribution in [0, 0.1) is 5.92 Å². The summed E-state index contributed by atoms with van der Waals surface area (Å²) >= 11 is 3.20. The molecule has 19 heavy (non-hydrogen) atoms. The maximum Gasteiger partial charge on any atom is 0.244 e. The molecule has 1 aromatic rings. The molecule has 0 aliphatic heterocycles. The van der Waals surface area contributed by atoms with E-state index in [0.717, 1.165) is 6.42 Å². The Kier molecular flexibility index (Phi) is 5.72. The van der Waals surface area contributed by atoms with Crippen LogP contribution >= 0.6 is 15.9 Å². The van der Waals surface area contributed by atoms with Gasteiger partial charge in [0.2, 0.25) is 10.0 Å². The summed E-state index contributed by atoms with van der Waals surface area (Å²) in [7, 11) is -3.66. The zero-order valence-electron chi connectivity index (χ0n) is 11.1. The predicted octanol–water partition coefficient (Wildman–Crippen LogP) is 1.84. The summed E-state index contributed by atoms with van der Waals surface area (Å²) in [5.74, 6) is 5.65. The number of halogens is 1. The lowest BCUT2D eigenvalue weighted by molar-refractivity contribution is 0.434. The van der Waals surface area contributed by atoms with Gasteiger partial charge in [0.1, 0.15) is 4.90 Å². The number of pyridine rings is 1. The van der Waals surface area contributed by atoms with E-state index >= 15 is 0 Å². The van der Waals surface area contributed by atoms with Gasteiger partial charge in [-0.15, -0.1) is 0 Å². The van der Waals surface area contributed by atoms with Crippen molar-refractivity contribution in [1.82, 2.24) is 9.71 Å². The first-order valence-electron chi connectivity index (χ1n) is 5.96. The Morgan fingerprint density at radius 3 is 2.63 bits per heavy atom. The van der Waals surface area contributed by atoms with Crippen LogP contribution in [0.25, 0.3) is 0 Å². The summed E-state index contributed by atoms with van der Waals surface area (Å²) in [5.41, 5.74) is 2.29. The summed E-state index contributed by atoms with van der Waals surface area (Å²) in [4.78, 5) is 3.96. The van der Waals surface area contributed by atoms with Gasteiger partial charge in [-0.05, 0) is 34.8 Å². The van der Waals surface area contributed by atoms with Crippen LogP contribution in [0.3, 0.4) is 0 Å². The third-order valence-corrected chi connectivity index (χ3v) is 5.09. The number of nitrogens with two attached hydrogens (primary N) is 1. The van der Waals surface area contributed by atoms with Crippen molar-refractivity contribution in [3.05, 3.63) is 16.7 Å². The molecular formula is C11H19BrN4O2S. The first-order chi connectivity index (χ1) is 8.81. The maximum absolute atomic E-state index is 12.3. The van der Waals surface area contributed by atoms with Gasteiger partial charge in [0.15, 0.2) is 5.82 Å². The Bertz CT molecular complexity index is 535. The molecule has 4 N–H and O–H groups in total. The van der Waals surface area contributed by atoms with Crippen LogP contribution in [0.15, 0.2) is 21.6 Å². The van der Waals surface area contributed by atoms with E-state index in [1.54, 1.807) is 0 Å². The van der Waals surface area contributed by atoms with E-state index in [1.165, 1.54) is 12.3 Å². The number of hydrazine groups is 1. The minimum Gasteiger partial charge on any atom is -0.307 e. The molecule has 0 amide bonds. The minimum atomic E-state index is -3.66. The van der Waals surface area contributed by atoms with E-state index < -0.39 is 10.0 Å². The molecule has 0 radical (unpaired) electrons. The quantitative estimate of drug-likeness (QED) is 0.537. The lowest BCUT2D eigenvalue weighted by atomic mass is 10.0. The van der Waals surface area contributed by atoms with Crippen LogP contribution in [0.2, 0.25) is 0 Å². The highest BCUT2D eigenvalue weighted by atomic mass is 79.9. The Balaban J connectivity index is 3.10. The molecule has 0 saturated heterocycles. The minimum absolute atomic E-state index is 0.0273. The van der Waals surface area contributed by atoms with Crippen molar-refractivity contribution in [2.45, 2.75) is 38.1 Å². The number of sulfonamides is 1. The number of hydrogen-bond donors (Lipinski definition) is 3. The van der Waals surface area contributed by atoms with Gasteiger partial charge in [0.05, 0.1) is 0 Å². The van der Waals surface area contributed by atoms with Crippen molar-refractivity contribution in [2.24, 2.45) is 11.8 Å². The van der Waals surface area contributed by atoms with Gasteiger partial charge < -0.3 is 5.43 Å². The van der Waals surface area contributed by atoms with Gasteiger partial charge in [-0.1, -0.05) is 20.3 Å². The topological polar surface area (TPSA) is 97.1 Å². The van der Waals surface area contributed by atoms with Crippen molar-refractivity contribution in [3.63, 3.8) is 0 Å². The molecular weight excluding hydrogens is 332 g/mol. The van der Waals surface area contributed by atoms with Gasteiger partial charge in [0, 0.05) is 16.7 Å². The highest BCUT2D eigenvalue weighted by Crippen LogP contribution is 2.23. The molecule has 0 aliphatic carbocycles. The van der Waals surface area contributed by atoms with Crippen LogP contribution in [0.5, 0.6) is 0 Å². The third kappa shape index (κ3) is 4.13. The molecule has 1 aromatic heterocycles. The molecule has 108 valence electrons. The van der Waals surface area contributed by atoms with Crippen molar-refractivity contribution >= 4 is 31.8 Å². The van der Waals surface area contributed by atoms with Gasteiger partial charge in [0.25, 0.3) is 0 Å². The Hall–Kier alpha value is -0.700. The van der Waals surface area contributed by atoms with Gasteiger partial charge in [-0.25, -0.2) is 24.0 Å². The monoisotopic (exact) mass is 350 g/mol. The van der Waals surface area contributed by atoms with Crippen molar-refractivity contribution in [2.75, 3.05) is 5.43 Å². The zero-order valence-corrected chi connectivity index (χ0v) is 13.5. The predicted molar refractivity (Wildman–Crippen MR) is 79.0 cm³/mol. The lowest BCUT2D eigenvalue weighted by Gasteiger charge is -2.20. The van der Waals surface area contributed by atoms with Crippen LogP contribution in [0.4, 0.5) is 5.82 Å². The normalized spacial score (nSPS) is 15.0. The van der Waals surface area contributed by atoms with Crippen LogP contribution < -0.4 is 16.0 Å². The van der Waals surface area contributed by atoms with Crippen LogP contribution in [-0.2, 0) is 10.0 Å². The highest BCUT2D eigenvalue weighted by Gasteiger charge is 2.24. The van der Waals surface area contributed by atoms with E-state index in [4.69, 9.17) is 5.84 Å². The Labute approximate surface area is 122 Å². The second kappa shape index (κ2) is 6.65.